The molecule has 2 aromatic carbocycles. The minimum Gasteiger partial charge on any atom is -0.482 e. The quantitative estimate of drug-likeness (QED) is 0.847. The normalized spacial score (nSPS) is 11.3. The maximum Gasteiger partial charge on any atom is 0.471 e. The van der Waals surface area contributed by atoms with E-state index in [1.165, 1.54) is 0 Å². The number of fused-ring (bicyclic) bond motifs is 1. The Morgan fingerprint density at radius 3 is 2.58 bits per heavy atom. The number of nitrogens with one attached hydrogen (secondary N) is 1. The number of halogens is 3. The zero-order valence-electron chi connectivity index (χ0n) is 12.4. The van der Waals surface area contributed by atoms with E-state index < -0.39 is 24.7 Å². The first kappa shape index (κ1) is 17.6. The van der Waals surface area contributed by atoms with Crippen LogP contribution in [0.2, 0.25) is 0 Å². The van der Waals surface area contributed by atoms with Crippen LogP contribution in [0, 0.1) is 0 Å². The van der Waals surface area contributed by atoms with Gasteiger partial charge in [0.15, 0.2) is 6.61 Å². The molecule has 2 N–H and O–H groups in total. The molecule has 0 aliphatic rings. The predicted molar refractivity (Wildman–Crippen MR) is 79.8 cm³/mol. The number of carbonyl (C=O) groups excluding carboxylic acids is 1. The molecule has 0 saturated heterocycles. The first-order valence-electron chi connectivity index (χ1n) is 6.98. The van der Waals surface area contributed by atoms with Crippen LogP contribution >= 0.6 is 0 Å². The van der Waals surface area contributed by atoms with Gasteiger partial charge in [-0.15, -0.1) is 0 Å². The molecule has 0 fully saturated rings. The number of benzene rings is 2. The fourth-order valence-corrected chi connectivity index (χ4v) is 2.18. The molecule has 1 amide bonds. The summed E-state index contributed by atoms with van der Waals surface area (Å²) in [5.41, 5.74) is 0.718. The van der Waals surface area contributed by atoms with Gasteiger partial charge in [-0.2, -0.15) is 13.2 Å². The topological polar surface area (TPSA) is 75.6 Å². The van der Waals surface area contributed by atoms with Crippen LogP contribution in [0.1, 0.15) is 5.56 Å². The van der Waals surface area contributed by atoms with Crippen molar-refractivity contribution in [1.82, 2.24) is 5.32 Å². The molecule has 0 spiro atoms. The van der Waals surface area contributed by atoms with Crippen molar-refractivity contribution in [3.8, 4) is 5.75 Å². The summed E-state index contributed by atoms with van der Waals surface area (Å²) >= 11 is 0. The van der Waals surface area contributed by atoms with Gasteiger partial charge < -0.3 is 15.2 Å². The van der Waals surface area contributed by atoms with E-state index in [4.69, 9.17) is 9.84 Å². The first-order valence-corrected chi connectivity index (χ1v) is 6.98. The molecule has 0 aromatic heterocycles. The molecule has 2 aromatic rings. The second kappa shape index (κ2) is 7.20. The van der Waals surface area contributed by atoms with Crippen molar-refractivity contribution >= 4 is 22.6 Å². The molecule has 24 heavy (non-hydrogen) atoms. The van der Waals surface area contributed by atoms with Crippen LogP contribution in [-0.2, 0) is 16.0 Å². The number of aliphatic carboxylic acids is 1. The summed E-state index contributed by atoms with van der Waals surface area (Å²) in [5, 5.41) is 12.0. The Labute approximate surface area is 135 Å². The Balaban J connectivity index is 2.12. The van der Waals surface area contributed by atoms with Crippen LogP contribution in [0.5, 0.6) is 5.75 Å². The third kappa shape index (κ3) is 4.61. The maximum absolute atomic E-state index is 12.2. The largest absolute Gasteiger partial charge is 0.482 e. The van der Waals surface area contributed by atoms with Crippen molar-refractivity contribution in [2.24, 2.45) is 0 Å². The fraction of sp³-hybridized carbons (Fsp3) is 0.250. The highest BCUT2D eigenvalue weighted by Gasteiger charge is 2.38. The third-order valence-electron chi connectivity index (χ3n) is 3.24. The van der Waals surface area contributed by atoms with Crippen LogP contribution < -0.4 is 10.1 Å². The van der Waals surface area contributed by atoms with Crippen molar-refractivity contribution in [2.75, 3.05) is 13.2 Å². The highest BCUT2D eigenvalue weighted by molar-refractivity contribution is 5.87. The number of ether oxygens (including phenoxy) is 1. The van der Waals surface area contributed by atoms with Gasteiger partial charge in [-0.1, -0.05) is 24.3 Å². The summed E-state index contributed by atoms with van der Waals surface area (Å²) < 4.78 is 41.6. The fourth-order valence-electron chi connectivity index (χ4n) is 2.18. The summed E-state index contributed by atoms with van der Waals surface area (Å²) in [4.78, 5) is 21.3. The Morgan fingerprint density at radius 2 is 1.92 bits per heavy atom. The summed E-state index contributed by atoms with van der Waals surface area (Å²) in [6.45, 7) is -0.660. The molecule has 0 heterocycles. The minimum atomic E-state index is -4.91. The van der Waals surface area contributed by atoms with E-state index in [0.717, 1.165) is 16.3 Å². The molecule has 0 unspecified atom stereocenters. The average molecular weight is 341 g/mol. The van der Waals surface area contributed by atoms with Crippen molar-refractivity contribution in [3.63, 3.8) is 0 Å². The summed E-state index contributed by atoms with van der Waals surface area (Å²) in [6.07, 6.45) is -4.71. The second-order valence-electron chi connectivity index (χ2n) is 4.99. The van der Waals surface area contributed by atoms with Gasteiger partial charge in [0, 0.05) is 6.54 Å². The number of rotatable bonds is 6. The van der Waals surface area contributed by atoms with E-state index >= 15 is 0 Å². The van der Waals surface area contributed by atoms with E-state index in [-0.39, 0.29) is 13.0 Å². The van der Waals surface area contributed by atoms with Crippen LogP contribution in [0.4, 0.5) is 13.2 Å². The standard InChI is InChI=1S/C16H14F3NO4/c17-16(18,19)15(23)20-7-6-11-3-1-2-10-4-5-12(8-13(10)11)24-9-14(21)22/h1-5,8H,6-7,9H2,(H,20,23)(H,21,22). The van der Waals surface area contributed by atoms with E-state index in [1.807, 2.05) is 11.4 Å². The molecule has 0 bridgehead atoms. The van der Waals surface area contributed by atoms with Crippen molar-refractivity contribution in [3.05, 3.63) is 42.0 Å². The number of carbonyl (C=O) groups is 2. The number of hydrogen-bond donors (Lipinski definition) is 2. The Hall–Kier alpha value is -2.77. The lowest BCUT2D eigenvalue weighted by atomic mass is 10.0. The number of hydrogen-bond acceptors (Lipinski definition) is 3. The first-order chi connectivity index (χ1) is 11.3. The van der Waals surface area contributed by atoms with Crippen LogP contribution in [0.25, 0.3) is 10.8 Å². The lowest BCUT2D eigenvalue weighted by molar-refractivity contribution is -0.173. The molecule has 0 aliphatic heterocycles. The Morgan fingerprint density at radius 1 is 1.17 bits per heavy atom. The zero-order chi connectivity index (χ0) is 17.7. The van der Waals surface area contributed by atoms with Crippen molar-refractivity contribution in [2.45, 2.75) is 12.6 Å². The lowest BCUT2D eigenvalue weighted by Crippen LogP contribution is -2.37. The minimum absolute atomic E-state index is 0.169. The van der Waals surface area contributed by atoms with Crippen LogP contribution in [0.15, 0.2) is 36.4 Å². The van der Waals surface area contributed by atoms with Gasteiger partial charge in [0.1, 0.15) is 5.75 Å². The van der Waals surface area contributed by atoms with Gasteiger partial charge in [-0.05, 0) is 34.9 Å². The molecule has 0 aliphatic carbocycles. The number of carboxylic acid groups (broad SMARTS) is 1. The van der Waals surface area contributed by atoms with Gasteiger partial charge in [-0.3, -0.25) is 4.79 Å². The second-order valence-corrected chi connectivity index (χ2v) is 4.99. The Bertz CT molecular complexity index is 759. The zero-order valence-corrected chi connectivity index (χ0v) is 12.4. The molecular weight excluding hydrogens is 327 g/mol. The number of amides is 1. The molecule has 0 saturated carbocycles. The molecule has 0 atom stereocenters. The smallest absolute Gasteiger partial charge is 0.471 e. The summed E-state index contributed by atoms with van der Waals surface area (Å²) in [5.74, 6) is -2.75. The number of carboxylic acids is 1. The molecular formula is C16H14F3NO4. The van der Waals surface area contributed by atoms with E-state index in [0.29, 0.717) is 5.75 Å². The van der Waals surface area contributed by atoms with Crippen molar-refractivity contribution < 1.29 is 32.6 Å². The van der Waals surface area contributed by atoms with E-state index in [9.17, 15) is 22.8 Å². The predicted octanol–water partition coefficient (Wildman–Crippen LogP) is 2.52. The van der Waals surface area contributed by atoms with Crippen molar-refractivity contribution in [1.29, 1.82) is 0 Å². The number of alkyl halides is 3. The monoisotopic (exact) mass is 341 g/mol. The van der Waals surface area contributed by atoms with Crippen LogP contribution in [0.3, 0.4) is 0 Å². The van der Waals surface area contributed by atoms with Gasteiger partial charge in [-0.25, -0.2) is 4.79 Å². The highest BCUT2D eigenvalue weighted by Crippen LogP contribution is 2.24. The third-order valence-corrected chi connectivity index (χ3v) is 3.24. The summed E-state index contributed by atoms with van der Waals surface area (Å²) in [7, 11) is 0. The van der Waals surface area contributed by atoms with E-state index in [1.54, 1.807) is 30.3 Å². The van der Waals surface area contributed by atoms with E-state index in [2.05, 4.69) is 0 Å². The Kier molecular flexibility index (Phi) is 5.28. The van der Waals surface area contributed by atoms with Gasteiger partial charge >= 0.3 is 18.1 Å². The van der Waals surface area contributed by atoms with Crippen LogP contribution in [-0.4, -0.2) is 36.3 Å². The van der Waals surface area contributed by atoms with Gasteiger partial charge in [0.25, 0.3) is 0 Å². The SMILES string of the molecule is O=C(O)COc1ccc2cccc(CCNC(=O)C(F)(F)F)c2c1. The van der Waals surface area contributed by atoms with Gasteiger partial charge in [0.2, 0.25) is 0 Å². The lowest BCUT2D eigenvalue weighted by Gasteiger charge is -2.11. The highest BCUT2D eigenvalue weighted by atomic mass is 19.4. The molecule has 128 valence electrons. The maximum atomic E-state index is 12.2. The molecule has 2 rings (SSSR count). The summed E-state index contributed by atoms with van der Waals surface area (Å²) in [6, 6.07) is 10.3. The van der Waals surface area contributed by atoms with Gasteiger partial charge in [0.05, 0.1) is 0 Å². The average Bonchev–Trinajstić information content (AvgIpc) is 2.52. The molecule has 8 heteroatoms. The molecule has 0 radical (unpaired) electrons. The molecule has 5 nitrogen and oxygen atoms in total.